The summed E-state index contributed by atoms with van der Waals surface area (Å²) in [6, 6.07) is 0. The molecular formula is C7H12O5. The smallest absolute Gasteiger partial charge is 0.338 e. The molecule has 0 spiro atoms. The van der Waals surface area contributed by atoms with Crippen LogP contribution in [0.3, 0.4) is 0 Å². The van der Waals surface area contributed by atoms with Crippen LogP contribution >= 0.6 is 0 Å². The third-order valence-electron chi connectivity index (χ3n) is 1.24. The number of methoxy groups -OCH3 is 1. The first-order valence-electron chi connectivity index (χ1n) is 3.42. The van der Waals surface area contributed by atoms with Crippen molar-refractivity contribution in [1.29, 1.82) is 0 Å². The summed E-state index contributed by atoms with van der Waals surface area (Å²) in [5, 5.41) is 9.08. The van der Waals surface area contributed by atoms with Crippen molar-refractivity contribution in [3.8, 4) is 0 Å². The van der Waals surface area contributed by atoms with Crippen LogP contribution in [-0.2, 0) is 19.1 Å². The quantitative estimate of drug-likeness (QED) is 0.585. The Labute approximate surface area is 70.3 Å². The maximum atomic E-state index is 10.7. The zero-order chi connectivity index (χ0) is 9.72. The molecule has 5 heteroatoms. The van der Waals surface area contributed by atoms with Crippen LogP contribution in [-0.4, -0.2) is 36.4 Å². The predicted octanol–water partition coefficient (Wildman–Crippen LogP) is -0.528. The highest BCUT2D eigenvalue weighted by molar-refractivity contribution is 5.75. The molecule has 0 unspecified atom stereocenters. The molecule has 0 amide bonds. The molecule has 0 aromatic rings. The number of carbonyl (C=O) groups is 2. The fourth-order valence-electron chi connectivity index (χ4n) is 0.639. The van der Waals surface area contributed by atoms with E-state index in [9.17, 15) is 9.59 Å². The zero-order valence-electron chi connectivity index (χ0n) is 7.23. The molecule has 0 aromatic carbocycles. The van der Waals surface area contributed by atoms with Crippen molar-refractivity contribution in [2.24, 2.45) is 0 Å². The molecule has 2 atom stereocenters. The molecular weight excluding hydrogens is 164 g/mol. The van der Waals surface area contributed by atoms with Gasteiger partial charge in [0.25, 0.3) is 0 Å². The Kier molecular flexibility index (Phi) is 4.28. The molecule has 5 nitrogen and oxygen atoms in total. The van der Waals surface area contributed by atoms with Gasteiger partial charge in [-0.3, -0.25) is 4.79 Å². The lowest BCUT2D eigenvalue weighted by molar-refractivity contribution is -0.164. The molecule has 70 valence electrons. The van der Waals surface area contributed by atoms with Crippen molar-refractivity contribution in [3.63, 3.8) is 0 Å². The predicted molar refractivity (Wildman–Crippen MR) is 39.3 cm³/mol. The minimum absolute atomic E-state index is 0.551. The van der Waals surface area contributed by atoms with E-state index in [0.717, 1.165) is 7.11 Å². The summed E-state index contributed by atoms with van der Waals surface area (Å²) < 4.78 is 8.78. The number of rotatable bonds is 3. The molecule has 0 aromatic heterocycles. The Hall–Kier alpha value is -1.10. The van der Waals surface area contributed by atoms with E-state index < -0.39 is 24.1 Å². The van der Waals surface area contributed by atoms with Gasteiger partial charge in [-0.05, 0) is 6.92 Å². The number of esters is 2. The molecule has 0 saturated carbocycles. The lowest BCUT2D eigenvalue weighted by Crippen LogP contribution is -2.35. The van der Waals surface area contributed by atoms with E-state index in [2.05, 4.69) is 9.47 Å². The van der Waals surface area contributed by atoms with Crippen LogP contribution in [0.25, 0.3) is 0 Å². The third kappa shape index (κ3) is 3.34. The van der Waals surface area contributed by atoms with Crippen LogP contribution in [0.4, 0.5) is 0 Å². The van der Waals surface area contributed by atoms with Crippen molar-refractivity contribution in [2.75, 3.05) is 7.11 Å². The number of hydrogen-bond acceptors (Lipinski definition) is 5. The van der Waals surface area contributed by atoms with E-state index in [-0.39, 0.29) is 0 Å². The molecule has 0 rings (SSSR count). The maximum absolute atomic E-state index is 10.7. The molecule has 1 N–H and O–H groups in total. The van der Waals surface area contributed by atoms with Crippen LogP contribution in [0.1, 0.15) is 13.8 Å². The van der Waals surface area contributed by atoms with Crippen molar-refractivity contribution in [3.05, 3.63) is 0 Å². The molecule has 0 aliphatic rings. The average Bonchev–Trinajstić information content (AvgIpc) is 2.00. The fraction of sp³-hybridized carbons (Fsp3) is 0.714. The highest BCUT2D eigenvalue weighted by Crippen LogP contribution is 2.00. The van der Waals surface area contributed by atoms with E-state index in [1.807, 2.05) is 0 Å². The number of ether oxygens (including phenoxy) is 2. The summed E-state index contributed by atoms with van der Waals surface area (Å²) in [5.74, 6) is -1.37. The SMILES string of the molecule is COC(=O)[C@H](O)[C@H](C)OC(C)=O. The van der Waals surface area contributed by atoms with Gasteiger partial charge >= 0.3 is 11.9 Å². The Bertz CT molecular complexity index is 177. The van der Waals surface area contributed by atoms with Crippen molar-refractivity contribution < 1.29 is 24.2 Å². The van der Waals surface area contributed by atoms with E-state index in [1.54, 1.807) is 0 Å². The van der Waals surface area contributed by atoms with Gasteiger partial charge in [-0.25, -0.2) is 4.79 Å². The van der Waals surface area contributed by atoms with Crippen LogP contribution in [0.2, 0.25) is 0 Å². The molecule has 0 aliphatic heterocycles. The van der Waals surface area contributed by atoms with Crippen LogP contribution in [0, 0.1) is 0 Å². The summed E-state index contributed by atoms with van der Waals surface area (Å²) in [4.78, 5) is 21.1. The van der Waals surface area contributed by atoms with E-state index >= 15 is 0 Å². The van der Waals surface area contributed by atoms with Crippen molar-refractivity contribution in [1.82, 2.24) is 0 Å². The van der Waals surface area contributed by atoms with Crippen molar-refractivity contribution >= 4 is 11.9 Å². The Morgan fingerprint density at radius 2 is 1.92 bits per heavy atom. The Balaban J connectivity index is 4.00. The summed E-state index contributed by atoms with van der Waals surface area (Å²) >= 11 is 0. The van der Waals surface area contributed by atoms with E-state index in [4.69, 9.17) is 5.11 Å². The molecule has 0 aliphatic carbocycles. The fourth-order valence-corrected chi connectivity index (χ4v) is 0.639. The third-order valence-corrected chi connectivity index (χ3v) is 1.24. The maximum Gasteiger partial charge on any atom is 0.338 e. The minimum atomic E-state index is -1.42. The van der Waals surface area contributed by atoms with Crippen LogP contribution in [0.5, 0.6) is 0 Å². The largest absolute Gasteiger partial charge is 0.467 e. The molecule has 0 bridgehead atoms. The topological polar surface area (TPSA) is 72.8 Å². The Morgan fingerprint density at radius 1 is 1.42 bits per heavy atom. The zero-order valence-corrected chi connectivity index (χ0v) is 7.23. The van der Waals surface area contributed by atoms with Gasteiger partial charge in [0.15, 0.2) is 6.10 Å². The first kappa shape index (κ1) is 10.9. The first-order chi connectivity index (χ1) is 5.49. The van der Waals surface area contributed by atoms with Gasteiger partial charge in [0.05, 0.1) is 7.11 Å². The van der Waals surface area contributed by atoms with Gasteiger partial charge in [0, 0.05) is 6.92 Å². The monoisotopic (exact) mass is 176 g/mol. The van der Waals surface area contributed by atoms with Gasteiger partial charge in [0.1, 0.15) is 6.10 Å². The van der Waals surface area contributed by atoms with Gasteiger partial charge < -0.3 is 14.6 Å². The van der Waals surface area contributed by atoms with Gasteiger partial charge in [-0.2, -0.15) is 0 Å². The lowest BCUT2D eigenvalue weighted by atomic mass is 10.2. The second kappa shape index (κ2) is 4.71. The molecule has 0 heterocycles. The highest BCUT2D eigenvalue weighted by atomic mass is 16.6. The number of aliphatic hydroxyl groups is 1. The normalized spacial score (nSPS) is 14.7. The first-order valence-corrected chi connectivity index (χ1v) is 3.42. The number of hydrogen-bond donors (Lipinski definition) is 1. The summed E-state index contributed by atoms with van der Waals surface area (Å²) in [6.45, 7) is 2.60. The highest BCUT2D eigenvalue weighted by Gasteiger charge is 2.25. The molecule has 0 saturated heterocycles. The average molecular weight is 176 g/mol. The van der Waals surface area contributed by atoms with Gasteiger partial charge in [0.2, 0.25) is 0 Å². The number of carbonyl (C=O) groups excluding carboxylic acids is 2. The summed E-state index contributed by atoms with van der Waals surface area (Å²) in [7, 11) is 1.14. The van der Waals surface area contributed by atoms with E-state index in [0.29, 0.717) is 0 Å². The minimum Gasteiger partial charge on any atom is -0.467 e. The summed E-state index contributed by atoms with van der Waals surface area (Å²) in [6.07, 6.45) is -2.30. The second-order valence-electron chi connectivity index (χ2n) is 2.28. The Morgan fingerprint density at radius 3 is 2.25 bits per heavy atom. The van der Waals surface area contributed by atoms with Gasteiger partial charge in [-0.15, -0.1) is 0 Å². The molecule has 12 heavy (non-hydrogen) atoms. The van der Waals surface area contributed by atoms with E-state index in [1.165, 1.54) is 13.8 Å². The second-order valence-corrected chi connectivity index (χ2v) is 2.28. The van der Waals surface area contributed by atoms with Gasteiger partial charge in [-0.1, -0.05) is 0 Å². The lowest BCUT2D eigenvalue weighted by Gasteiger charge is -2.15. The molecule has 0 radical (unpaired) electrons. The number of aliphatic hydroxyl groups excluding tert-OH is 1. The van der Waals surface area contributed by atoms with Crippen LogP contribution < -0.4 is 0 Å². The van der Waals surface area contributed by atoms with Crippen LogP contribution in [0.15, 0.2) is 0 Å². The molecule has 0 fully saturated rings. The van der Waals surface area contributed by atoms with Crippen molar-refractivity contribution in [2.45, 2.75) is 26.1 Å². The summed E-state index contributed by atoms with van der Waals surface area (Å²) in [5.41, 5.74) is 0. The standard InChI is InChI=1S/C7H12O5/c1-4(12-5(2)8)6(9)7(10)11-3/h4,6,9H,1-3H3/t4-,6+/m0/s1.